The lowest BCUT2D eigenvalue weighted by atomic mass is 9.95. The summed E-state index contributed by atoms with van der Waals surface area (Å²) < 4.78 is 0. The fraction of sp³-hybridized carbons (Fsp3) is 0.364. The minimum Gasteiger partial charge on any atom is -0.465 e. The second-order valence-electron chi connectivity index (χ2n) is 7.98. The van der Waals surface area contributed by atoms with Crippen LogP contribution >= 0.6 is 0 Å². The first kappa shape index (κ1) is 22.1. The molecule has 0 aliphatic heterocycles. The average Bonchev–Trinajstić information content (AvgIpc) is 2.61. The minimum absolute atomic E-state index is 0.148. The van der Waals surface area contributed by atoms with Crippen molar-refractivity contribution in [3.8, 4) is 0 Å². The summed E-state index contributed by atoms with van der Waals surface area (Å²) in [6.45, 7) is 7.49. The number of benzene rings is 1. The van der Waals surface area contributed by atoms with Crippen LogP contribution in [0, 0.1) is 6.92 Å². The second-order valence-corrected chi connectivity index (χ2v) is 7.98. The fourth-order valence-electron chi connectivity index (χ4n) is 2.94. The quantitative estimate of drug-likeness (QED) is 0.666. The number of ketones is 1. The van der Waals surface area contributed by atoms with Crippen LogP contribution in [-0.2, 0) is 17.6 Å². The zero-order valence-electron chi connectivity index (χ0n) is 17.2. The van der Waals surface area contributed by atoms with Gasteiger partial charge in [-0.25, -0.2) is 4.79 Å². The topological polar surface area (TPSA) is 108 Å². The van der Waals surface area contributed by atoms with E-state index in [1.165, 1.54) is 6.20 Å². The summed E-state index contributed by atoms with van der Waals surface area (Å²) in [6.07, 6.45) is 0.319. The molecule has 7 nitrogen and oxygen atoms in total. The third-order valence-electron chi connectivity index (χ3n) is 4.34. The Balaban J connectivity index is 2.24. The van der Waals surface area contributed by atoms with Crippen molar-refractivity contribution in [2.24, 2.45) is 0 Å². The minimum atomic E-state index is -1.27. The summed E-state index contributed by atoms with van der Waals surface area (Å²) in [5, 5.41) is 14.3. The fourth-order valence-corrected chi connectivity index (χ4v) is 2.94. The molecule has 0 aliphatic rings. The largest absolute Gasteiger partial charge is 0.465 e. The normalized spacial score (nSPS) is 12.1. The Morgan fingerprint density at radius 3 is 2.41 bits per heavy atom. The Kier molecular flexibility index (Phi) is 7.09. The zero-order chi connectivity index (χ0) is 21.6. The van der Waals surface area contributed by atoms with E-state index in [-0.39, 0.29) is 24.5 Å². The van der Waals surface area contributed by atoms with E-state index in [0.29, 0.717) is 11.3 Å². The molecule has 0 saturated carbocycles. The van der Waals surface area contributed by atoms with Crippen molar-refractivity contribution in [3.05, 3.63) is 65.0 Å². The van der Waals surface area contributed by atoms with Crippen LogP contribution < -0.4 is 10.6 Å². The van der Waals surface area contributed by atoms with Crippen molar-refractivity contribution < 1.29 is 19.5 Å². The lowest BCUT2D eigenvalue weighted by molar-refractivity contribution is -0.120. The van der Waals surface area contributed by atoms with Crippen molar-refractivity contribution in [1.82, 2.24) is 15.6 Å². The van der Waals surface area contributed by atoms with E-state index in [2.05, 4.69) is 15.6 Å². The van der Waals surface area contributed by atoms with Crippen LogP contribution in [0.1, 0.15) is 48.0 Å². The number of aryl methyl sites for hydroxylation is 1. The van der Waals surface area contributed by atoms with Gasteiger partial charge in [0.1, 0.15) is 0 Å². The third-order valence-corrected chi connectivity index (χ3v) is 4.34. The van der Waals surface area contributed by atoms with E-state index in [4.69, 9.17) is 0 Å². The molecule has 3 N–H and O–H groups in total. The van der Waals surface area contributed by atoms with Crippen molar-refractivity contribution in [1.29, 1.82) is 0 Å². The monoisotopic (exact) mass is 397 g/mol. The van der Waals surface area contributed by atoms with Gasteiger partial charge in [0.15, 0.2) is 5.78 Å². The number of nitrogens with zero attached hydrogens (tertiary/aromatic N) is 1. The Bertz CT molecular complexity index is 903. The summed E-state index contributed by atoms with van der Waals surface area (Å²) >= 11 is 0. The lowest BCUT2D eigenvalue weighted by Crippen LogP contribution is -2.43. The number of nitrogens with one attached hydrogen (secondary N) is 2. The van der Waals surface area contributed by atoms with Gasteiger partial charge in [0.05, 0.1) is 23.7 Å². The molecule has 154 valence electrons. The van der Waals surface area contributed by atoms with E-state index in [9.17, 15) is 19.5 Å². The Morgan fingerprint density at radius 2 is 1.79 bits per heavy atom. The number of Topliss-reactive ketones (excluding diaryl/α,β-unsaturated/α-hetero) is 1. The highest BCUT2D eigenvalue weighted by Crippen LogP contribution is 2.14. The SMILES string of the molecule is Cc1ccccc1CC(NC(=O)O)C(=O)Cc1ncccc1C(=O)NC(C)(C)C. The van der Waals surface area contributed by atoms with Gasteiger partial charge in [-0.2, -0.15) is 0 Å². The molecule has 1 aromatic carbocycles. The highest BCUT2D eigenvalue weighted by atomic mass is 16.4. The molecule has 7 heteroatoms. The van der Waals surface area contributed by atoms with Gasteiger partial charge < -0.3 is 15.7 Å². The average molecular weight is 397 g/mol. The highest BCUT2D eigenvalue weighted by Gasteiger charge is 2.25. The van der Waals surface area contributed by atoms with E-state index < -0.39 is 17.7 Å². The standard InChI is InChI=1S/C22H27N3O4/c1-14-8-5-6-9-15(14)12-18(24-21(28)29)19(26)13-17-16(10-7-11-23-17)20(27)25-22(2,3)4/h5-11,18,24H,12-13H2,1-4H3,(H,25,27)(H,28,29). The number of carbonyl (C=O) groups is 3. The number of hydrogen-bond donors (Lipinski definition) is 3. The predicted octanol–water partition coefficient (Wildman–Crippen LogP) is 2.91. The first-order valence-electron chi connectivity index (χ1n) is 9.40. The third kappa shape index (κ3) is 6.71. The molecule has 1 unspecified atom stereocenters. The van der Waals surface area contributed by atoms with Crippen molar-refractivity contribution in [2.75, 3.05) is 0 Å². The highest BCUT2D eigenvalue weighted by molar-refractivity contribution is 5.98. The number of hydrogen-bond acceptors (Lipinski definition) is 4. The van der Waals surface area contributed by atoms with Gasteiger partial charge in [0, 0.05) is 18.2 Å². The van der Waals surface area contributed by atoms with Gasteiger partial charge in [0.2, 0.25) is 0 Å². The zero-order valence-corrected chi connectivity index (χ0v) is 17.2. The number of amides is 2. The molecule has 2 aromatic rings. The number of carbonyl (C=O) groups excluding carboxylic acids is 2. The van der Waals surface area contributed by atoms with Gasteiger partial charge in [-0.05, 0) is 51.0 Å². The molecular weight excluding hydrogens is 370 g/mol. The first-order chi connectivity index (χ1) is 13.6. The molecule has 1 atom stereocenters. The summed E-state index contributed by atoms with van der Waals surface area (Å²) in [7, 11) is 0. The molecule has 2 rings (SSSR count). The smallest absolute Gasteiger partial charge is 0.405 e. The van der Waals surface area contributed by atoms with Crippen LogP contribution in [0.3, 0.4) is 0 Å². The molecule has 0 fully saturated rings. The van der Waals surface area contributed by atoms with E-state index in [0.717, 1.165) is 11.1 Å². The molecule has 0 aliphatic carbocycles. The van der Waals surface area contributed by atoms with Crippen LogP contribution in [0.15, 0.2) is 42.6 Å². The van der Waals surface area contributed by atoms with Crippen molar-refractivity contribution in [2.45, 2.75) is 52.1 Å². The Morgan fingerprint density at radius 1 is 1.10 bits per heavy atom. The summed E-state index contributed by atoms with van der Waals surface area (Å²) in [5.41, 5.74) is 2.04. The summed E-state index contributed by atoms with van der Waals surface area (Å²) in [5.74, 6) is -0.672. The van der Waals surface area contributed by atoms with Crippen LogP contribution in [0.2, 0.25) is 0 Å². The van der Waals surface area contributed by atoms with Crippen LogP contribution in [0.4, 0.5) is 4.79 Å². The molecule has 0 bridgehead atoms. The Hall–Kier alpha value is -3.22. The number of carboxylic acid groups (broad SMARTS) is 1. The molecule has 0 saturated heterocycles. The summed E-state index contributed by atoms with van der Waals surface area (Å²) in [6, 6.07) is 9.80. The molecule has 1 aromatic heterocycles. The van der Waals surface area contributed by atoms with Crippen molar-refractivity contribution in [3.63, 3.8) is 0 Å². The molecular formula is C22H27N3O4. The van der Waals surface area contributed by atoms with Crippen LogP contribution in [0.5, 0.6) is 0 Å². The molecule has 2 amide bonds. The van der Waals surface area contributed by atoms with Gasteiger partial charge in [-0.15, -0.1) is 0 Å². The number of pyridine rings is 1. The molecule has 1 heterocycles. The molecule has 0 radical (unpaired) electrons. The van der Waals surface area contributed by atoms with Gasteiger partial charge in [-0.1, -0.05) is 24.3 Å². The predicted molar refractivity (Wildman–Crippen MR) is 110 cm³/mol. The van der Waals surface area contributed by atoms with E-state index in [1.807, 2.05) is 52.0 Å². The maximum absolute atomic E-state index is 12.9. The van der Waals surface area contributed by atoms with E-state index in [1.54, 1.807) is 12.1 Å². The van der Waals surface area contributed by atoms with Gasteiger partial charge >= 0.3 is 6.09 Å². The number of aromatic nitrogens is 1. The second kappa shape index (κ2) is 9.32. The maximum Gasteiger partial charge on any atom is 0.405 e. The first-order valence-corrected chi connectivity index (χ1v) is 9.40. The Labute approximate surface area is 170 Å². The number of rotatable bonds is 7. The summed E-state index contributed by atoms with van der Waals surface area (Å²) in [4.78, 5) is 40.9. The lowest BCUT2D eigenvalue weighted by Gasteiger charge is -2.21. The van der Waals surface area contributed by atoms with Gasteiger partial charge in [0.25, 0.3) is 5.91 Å². The maximum atomic E-state index is 12.9. The van der Waals surface area contributed by atoms with Crippen LogP contribution in [-0.4, -0.2) is 39.5 Å². The molecule has 29 heavy (non-hydrogen) atoms. The van der Waals surface area contributed by atoms with Gasteiger partial charge in [-0.3, -0.25) is 14.6 Å². The van der Waals surface area contributed by atoms with E-state index >= 15 is 0 Å². The van der Waals surface area contributed by atoms with Crippen molar-refractivity contribution >= 4 is 17.8 Å². The van der Waals surface area contributed by atoms with Crippen LogP contribution in [0.25, 0.3) is 0 Å². The molecule has 0 spiro atoms.